The van der Waals surface area contributed by atoms with Gasteiger partial charge in [-0.3, -0.25) is 0 Å². The highest BCUT2D eigenvalue weighted by Gasteiger charge is 2.30. The van der Waals surface area contributed by atoms with Crippen LogP contribution in [0.5, 0.6) is 0 Å². The molecule has 3 heteroatoms. The number of nitrogens with zero attached hydrogens (tertiary/aromatic N) is 2. The maximum absolute atomic E-state index is 6.15. The Balaban J connectivity index is 2.23. The fourth-order valence-electron chi connectivity index (χ4n) is 3.24. The third-order valence-corrected chi connectivity index (χ3v) is 5.04. The Labute approximate surface area is 128 Å². The van der Waals surface area contributed by atoms with Crippen molar-refractivity contribution >= 4 is 17.4 Å². The van der Waals surface area contributed by atoms with Gasteiger partial charge in [0.1, 0.15) is 5.82 Å². The Hall–Kier alpha value is -0.760. The SMILES string of the molecule is Cc1cc(C)c(CCl)c(N(C)C2CCC(C)(C)CC2)n1. The van der Waals surface area contributed by atoms with Crippen molar-refractivity contribution < 1.29 is 0 Å². The lowest BCUT2D eigenvalue weighted by molar-refractivity contribution is 0.222. The first-order chi connectivity index (χ1) is 9.34. The minimum atomic E-state index is 0.503. The number of halogens is 1. The lowest BCUT2D eigenvalue weighted by Crippen LogP contribution is -2.38. The number of hydrogen-bond acceptors (Lipinski definition) is 2. The van der Waals surface area contributed by atoms with Crippen LogP contribution in [0, 0.1) is 19.3 Å². The molecule has 1 heterocycles. The van der Waals surface area contributed by atoms with Crippen LogP contribution in [0.1, 0.15) is 56.4 Å². The van der Waals surface area contributed by atoms with Crippen LogP contribution < -0.4 is 4.90 Å². The molecule has 0 spiro atoms. The van der Waals surface area contributed by atoms with Gasteiger partial charge >= 0.3 is 0 Å². The molecule has 1 fully saturated rings. The second-order valence-electron chi connectivity index (χ2n) is 7.02. The molecular formula is C17H27ClN2. The summed E-state index contributed by atoms with van der Waals surface area (Å²) in [5.74, 6) is 1.62. The molecule has 2 rings (SSSR count). The molecule has 20 heavy (non-hydrogen) atoms. The van der Waals surface area contributed by atoms with Crippen LogP contribution in [-0.4, -0.2) is 18.1 Å². The normalized spacial score (nSPS) is 19.1. The van der Waals surface area contributed by atoms with Crippen molar-refractivity contribution in [2.45, 2.75) is 65.3 Å². The molecule has 112 valence electrons. The first-order valence-electron chi connectivity index (χ1n) is 7.60. The van der Waals surface area contributed by atoms with Gasteiger partial charge in [-0.25, -0.2) is 4.98 Å². The largest absolute Gasteiger partial charge is 0.356 e. The van der Waals surface area contributed by atoms with E-state index in [1.807, 2.05) is 0 Å². The lowest BCUT2D eigenvalue weighted by Gasteiger charge is -2.39. The summed E-state index contributed by atoms with van der Waals surface area (Å²) in [7, 11) is 2.18. The van der Waals surface area contributed by atoms with E-state index in [9.17, 15) is 0 Å². The van der Waals surface area contributed by atoms with Crippen LogP contribution in [-0.2, 0) is 5.88 Å². The van der Waals surface area contributed by atoms with Gasteiger partial charge in [0.25, 0.3) is 0 Å². The molecule has 0 aliphatic heterocycles. The summed E-state index contributed by atoms with van der Waals surface area (Å²) in [6, 6.07) is 2.72. The van der Waals surface area contributed by atoms with Gasteiger partial charge in [0.15, 0.2) is 0 Å². The quantitative estimate of drug-likeness (QED) is 0.741. The molecule has 0 amide bonds. The molecule has 1 aliphatic rings. The van der Waals surface area contributed by atoms with Crippen molar-refractivity contribution in [1.29, 1.82) is 0 Å². The monoisotopic (exact) mass is 294 g/mol. The van der Waals surface area contributed by atoms with E-state index in [2.05, 4.69) is 45.7 Å². The summed E-state index contributed by atoms with van der Waals surface area (Å²) in [6.45, 7) is 8.95. The highest BCUT2D eigenvalue weighted by molar-refractivity contribution is 6.17. The summed E-state index contributed by atoms with van der Waals surface area (Å²) in [5, 5.41) is 0. The van der Waals surface area contributed by atoms with Gasteiger partial charge in [-0.05, 0) is 56.6 Å². The van der Waals surface area contributed by atoms with Crippen molar-refractivity contribution in [3.05, 3.63) is 22.9 Å². The summed E-state index contributed by atoms with van der Waals surface area (Å²) >= 11 is 6.15. The highest BCUT2D eigenvalue weighted by Crippen LogP contribution is 2.38. The lowest BCUT2D eigenvalue weighted by atomic mass is 9.75. The zero-order valence-electron chi connectivity index (χ0n) is 13.5. The molecule has 1 aliphatic carbocycles. The number of hydrogen-bond donors (Lipinski definition) is 0. The summed E-state index contributed by atoms with van der Waals surface area (Å²) in [5.41, 5.74) is 4.02. The van der Waals surface area contributed by atoms with Gasteiger partial charge in [0.05, 0.1) is 5.88 Å². The van der Waals surface area contributed by atoms with Gasteiger partial charge < -0.3 is 4.90 Å². The summed E-state index contributed by atoms with van der Waals surface area (Å²) in [6.07, 6.45) is 5.09. The standard InChI is InChI=1S/C17H27ClN2/c1-12-10-13(2)19-16(15(12)11-18)20(5)14-6-8-17(3,4)9-7-14/h10,14H,6-9,11H2,1-5H3. The van der Waals surface area contributed by atoms with Crippen LogP contribution in [0.4, 0.5) is 5.82 Å². The zero-order valence-corrected chi connectivity index (χ0v) is 14.2. The fourth-order valence-corrected chi connectivity index (χ4v) is 3.58. The fraction of sp³-hybridized carbons (Fsp3) is 0.706. The smallest absolute Gasteiger partial charge is 0.133 e. The third-order valence-electron chi connectivity index (χ3n) is 4.78. The van der Waals surface area contributed by atoms with E-state index >= 15 is 0 Å². The van der Waals surface area contributed by atoms with E-state index < -0.39 is 0 Å². The van der Waals surface area contributed by atoms with Crippen molar-refractivity contribution in [2.75, 3.05) is 11.9 Å². The number of pyridine rings is 1. The Kier molecular flexibility index (Phi) is 4.63. The van der Waals surface area contributed by atoms with Gasteiger partial charge in [0.2, 0.25) is 0 Å². The second-order valence-corrected chi connectivity index (χ2v) is 7.29. The first kappa shape index (κ1) is 15.6. The minimum Gasteiger partial charge on any atom is -0.356 e. The molecule has 1 saturated carbocycles. The van der Waals surface area contributed by atoms with E-state index in [1.165, 1.54) is 36.8 Å². The van der Waals surface area contributed by atoms with Crippen LogP contribution in [0.3, 0.4) is 0 Å². The Morgan fingerprint density at radius 3 is 2.45 bits per heavy atom. The molecule has 1 aromatic heterocycles. The van der Waals surface area contributed by atoms with Gasteiger partial charge in [-0.1, -0.05) is 13.8 Å². The predicted molar refractivity (Wildman–Crippen MR) is 87.7 cm³/mol. The van der Waals surface area contributed by atoms with Crippen molar-refractivity contribution in [3.63, 3.8) is 0 Å². The number of anilines is 1. The van der Waals surface area contributed by atoms with Crippen LogP contribution >= 0.6 is 11.6 Å². The molecule has 0 saturated heterocycles. The van der Waals surface area contributed by atoms with E-state index in [0.717, 1.165) is 11.5 Å². The highest BCUT2D eigenvalue weighted by atomic mass is 35.5. The predicted octanol–water partition coefficient (Wildman–Crippen LogP) is 4.84. The minimum absolute atomic E-state index is 0.503. The zero-order chi connectivity index (χ0) is 14.9. The average molecular weight is 295 g/mol. The first-order valence-corrected chi connectivity index (χ1v) is 8.13. The number of aryl methyl sites for hydroxylation is 2. The van der Waals surface area contributed by atoms with Gasteiger partial charge in [-0.15, -0.1) is 11.6 Å². The van der Waals surface area contributed by atoms with Crippen molar-refractivity contribution in [1.82, 2.24) is 4.98 Å². The van der Waals surface area contributed by atoms with E-state index in [1.54, 1.807) is 0 Å². The molecule has 0 aromatic carbocycles. The number of alkyl halides is 1. The Bertz CT molecular complexity index is 472. The molecular weight excluding hydrogens is 268 g/mol. The number of rotatable bonds is 3. The average Bonchev–Trinajstić information content (AvgIpc) is 2.37. The third kappa shape index (κ3) is 3.28. The Morgan fingerprint density at radius 1 is 1.30 bits per heavy atom. The van der Waals surface area contributed by atoms with Gasteiger partial charge in [-0.2, -0.15) is 0 Å². The molecule has 1 aromatic rings. The Morgan fingerprint density at radius 2 is 1.90 bits per heavy atom. The van der Waals surface area contributed by atoms with Gasteiger partial charge in [0, 0.05) is 24.3 Å². The van der Waals surface area contributed by atoms with Crippen LogP contribution in [0.15, 0.2) is 6.07 Å². The van der Waals surface area contributed by atoms with E-state index in [4.69, 9.17) is 16.6 Å². The molecule has 0 N–H and O–H groups in total. The van der Waals surface area contributed by atoms with Crippen molar-refractivity contribution in [3.8, 4) is 0 Å². The van der Waals surface area contributed by atoms with E-state index in [0.29, 0.717) is 17.3 Å². The summed E-state index contributed by atoms with van der Waals surface area (Å²) in [4.78, 5) is 7.13. The van der Waals surface area contributed by atoms with Crippen LogP contribution in [0.25, 0.3) is 0 Å². The molecule has 0 bridgehead atoms. The molecule has 0 unspecified atom stereocenters. The topological polar surface area (TPSA) is 16.1 Å². The molecule has 0 atom stereocenters. The van der Waals surface area contributed by atoms with E-state index in [-0.39, 0.29) is 0 Å². The maximum Gasteiger partial charge on any atom is 0.133 e. The molecule has 2 nitrogen and oxygen atoms in total. The number of aromatic nitrogens is 1. The van der Waals surface area contributed by atoms with Crippen LogP contribution in [0.2, 0.25) is 0 Å². The maximum atomic E-state index is 6.15. The van der Waals surface area contributed by atoms with Crippen molar-refractivity contribution in [2.24, 2.45) is 5.41 Å². The summed E-state index contributed by atoms with van der Waals surface area (Å²) < 4.78 is 0. The second kappa shape index (κ2) is 5.93. The molecule has 0 radical (unpaired) electrons.